The van der Waals surface area contributed by atoms with Crippen molar-refractivity contribution in [2.75, 3.05) is 20.1 Å². The number of guanidine groups is 1. The summed E-state index contributed by atoms with van der Waals surface area (Å²) in [6, 6.07) is 0.0937. The van der Waals surface area contributed by atoms with Crippen LogP contribution in [0.25, 0.3) is 0 Å². The summed E-state index contributed by atoms with van der Waals surface area (Å²) >= 11 is 0. The van der Waals surface area contributed by atoms with Gasteiger partial charge in [0.1, 0.15) is 5.60 Å². The molecule has 19 heavy (non-hydrogen) atoms. The fourth-order valence-electron chi connectivity index (χ4n) is 2.21. The molecule has 1 aliphatic rings. The lowest BCUT2D eigenvalue weighted by Crippen LogP contribution is -2.54. The molecule has 1 fully saturated rings. The number of likely N-dealkylation sites (tertiary alicyclic amines) is 1. The van der Waals surface area contributed by atoms with Crippen LogP contribution in [-0.4, -0.2) is 48.7 Å². The van der Waals surface area contributed by atoms with Crippen LogP contribution in [0, 0.1) is 11.3 Å². The molecule has 0 aromatic heterocycles. The second-order valence-electron chi connectivity index (χ2n) is 6.19. The van der Waals surface area contributed by atoms with Gasteiger partial charge >= 0.3 is 6.09 Å². The number of carbonyl (C=O) groups is 1. The van der Waals surface area contributed by atoms with Crippen molar-refractivity contribution in [1.29, 1.82) is 5.41 Å². The van der Waals surface area contributed by atoms with Gasteiger partial charge in [0, 0.05) is 26.2 Å². The second-order valence-corrected chi connectivity index (χ2v) is 6.19. The zero-order chi connectivity index (χ0) is 14.6. The molecule has 0 aromatic rings. The van der Waals surface area contributed by atoms with Gasteiger partial charge in [0.15, 0.2) is 5.96 Å². The van der Waals surface area contributed by atoms with Gasteiger partial charge < -0.3 is 20.3 Å². The molecule has 0 spiro atoms. The summed E-state index contributed by atoms with van der Waals surface area (Å²) in [7, 11) is 1.70. The standard InChI is InChI=1S/C13H26N4O2/c1-9-6-10(16-11(14)15-5)8-17(7-9)12(18)19-13(2,3)4/h9-10H,6-8H2,1-5H3,(H3,14,15,16)/t9-,10+/m1/s1. The lowest BCUT2D eigenvalue weighted by Gasteiger charge is -2.37. The van der Waals surface area contributed by atoms with E-state index >= 15 is 0 Å². The van der Waals surface area contributed by atoms with Gasteiger partial charge in [0.05, 0.1) is 0 Å². The first kappa shape index (κ1) is 15.6. The highest BCUT2D eigenvalue weighted by Gasteiger charge is 2.30. The fourth-order valence-corrected chi connectivity index (χ4v) is 2.21. The Morgan fingerprint density at radius 1 is 1.37 bits per heavy atom. The molecule has 3 N–H and O–H groups in total. The van der Waals surface area contributed by atoms with E-state index in [4.69, 9.17) is 10.1 Å². The minimum absolute atomic E-state index is 0.0937. The molecule has 6 heteroatoms. The highest BCUT2D eigenvalue weighted by atomic mass is 16.6. The van der Waals surface area contributed by atoms with Gasteiger partial charge in [-0.05, 0) is 33.1 Å². The average molecular weight is 270 g/mol. The highest BCUT2D eigenvalue weighted by Crippen LogP contribution is 2.19. The zero-order valence-corrected chi connectivity index (χ0v) is 12.5. The van der Waals surface area contributed by atoms with Crippen molar-refractivity contribution in [3.63, 3.8) is 0 Å². The summed E-state index contributed by atoms with van der Waals surface area (Å²) in [5, 5.41) is 13.4. The van der Waals surface area contributed by atoms with E-state index in [0.29, 0.717) is 19.0 Å². The highest BCUT2D eigenvalue weighted by molar-refractivity contribution is 5.76. The van der Waals surface area contributed by atoms with Gasteiger partial charge in [0.2, 0.25) is 0 Å². The van der Waals surface area contributed by atoms with Gasteiger partial charge in [-0.1, -0.05) is 6.92 Å². The smallest absolute Gasteiger partial charge is 0.410 e. The Balaban J connectivity index is 2.59. The first-order valence-electron chi connectivity index (χ1n) is 6.72. The first-order valence-corrected chi connectivity index (χ1v) is 6.72. The third-order valence-electron chi connectivity index (χ3n) is 2.91. The van der Waals surface area contributed by atoms with Crippen LogP contribution in [0.2, 0.25) is 0 Å². The Kier molecular flexibility index (Phi) is 5.03. The maximum atomic E-state index is 12.1. The number of piperidine rings is 1. The Morgan fingerprint density at radius 2 is 2.00 bits per heavy atom. The van der Waals surface area contributed by atoms with Crippen LogP contribution in [0.4, 0.5) is 4.79 Å². The summed E-state index contributed by atoms with van der Waals surface area (Å²) in [6.45, 7) is 8.98. The number of nitrogens with one attached hydrogen (secondary N) is 3. The minimum atomic E-state index is -0.474. The minimum Gasteiger partial charge on any atom is -0.444 e. The molecule has 1 aliphatic heterocycles. The molecular formula is C13H26N4O2. The number of amides is 1. The normalized spacial score (nSPS) is 23.7. The van der Waals surface area contributed by atoms with Crippen LogP contribution < -0.4 is 10.6 Å². The fraction of sp³-hybridized carbons (Fsp3) is 0.846. The largest absolute Gasteiger partial charge is 0.444 e. The molecule has 2 atom stereocenters. The van der Waals surface area contributed by atoms with Crippen molar-refractivity contribution in [2.24, 2.45) is 5.92 Å². The SMILES string of the molecule is CNC(=N)N[C@H]1C[C@@H](C)CN(C(=O)OC(C)(C)C)C1. The third-order valence-corrected chi connectivity index (χ3v) is 2.91. The topological polar surface area (TPSA) is 77.5 Å². The summed E-state index contributed by atoms with van der Waals surface area (Å²) in [5.74, 6) is 0.673. The number of hydrogen-bond acceptors (Lipinski definition) is 3. The molecule has 1 heterocycles. The molecule has 0 bridgehead atoms. The molecule has 0 saturated carbocycles. The summed E-state index contributed by atoms with van der Waals surface area (Å²) in [4.78, 5) is 13.8. The van der Waals surface area contributed by atoms with E-state index in [-0.39, 0.29) is 18.1 Å². The molecule has 1 rings (SSSR count). The summed E-state index contributed by atoms with van der Waals surface area (Å²) in [6.07, 6.45) is 0.672. The lowest BCUT2D eigenvalue weighted by atomic mass is 9.96. The number of rotatable bonds is 1. The van der Waals surface area contributed by atoms with E-state index in [1.54, 1.807) is 11.9 Å². The van der Waals surface area contributed by atoms with Gasteiger partial charge in [-0.25, -0.2) is 4.79 Å². The quantitative estimate of drug-likeness (QED) is 0.497. The number of hydrogen-bond donors (Lipinski definition) is 3. The Bertz CT molecular complexity index is 338. The van der Waals surface area contributed by atoms with Crippen molar-refractivity contribution >= 4 is 12.1 Å². The van der Waals surface area contributed by atoms with E-state index in [9.17, 15) is 4.79 Å². The van der Waals surface area contributed by atoms with Crippen LogP contribution in [0.15, 0.2) is 0 Å². The zero-order valence-electron chi connectivity index (χ0n) is 12.5. The number of ether oxygens (including phenoxy) is 1. The predicted octanol–water partition coefficient (Wildman–Crippen LogP) is 1.38. The Labute approximate surface area is 115 Å². The van der Waals surface area contributed by atoms with Crippen LogP contribution in [0.3, 0.4) is 0 Å². The molecule has 0 unspecified atom stereocenters. The van der Waals surface area contributed by atoms with Crippen LogP contribution in [-0.2, 0) is 4.74 Å². The monoisotopic (exact) mass is 270 g/mol. The predicted molar refractivity (Wildman–Crippen MR) is 75.3 cm³/mol. The molecule has 0 aromatic carbocycles. The summed E-state index contributed by atoms with van der Waals surface area (Å²) < 4.78 is 5.40. The maximum absolute atomic E-state index is 12.1. The first-order chi connectivity index (χ1) is 8.71. The van der Waals surface area contributed by atoms with Gasteiger partial charge in [-0.3, -0.25) is 5.41 Å². The van der Waals surface area contributed by atoms with Crippen LogP contribution >= 0.6 is 0 Å². The van der Waals surface area contributed by atoms with Crippen molar-refractivity contribution in [1.82, 2.24) is 15.5 Å². The second kappa shape index (κ2) is 6.12. The van der Waals surface area contributed by atoms with Crippen molar-refractivity contribution in [3.8, 4) is 0 Å². The summed E-state index contributed by atoms with van der Waals surface area (Å²) in [5.41, 5.74) is -0.474. The lowest BCUT2D eigenvalue weighted by molar-refractivity contribution is 0.0145. The average Bonchev–Trinajstić information content (AvgIpc) is 2.25. The van der Waals surface area contributed by atoms with E-state index in [0.717, 1.165) is 6.42 Å². The maximum Gasteiger partial charge on any atom is 0.410 e. The number of nitrogens with zero attached hydrogens (tertiary/aromatic N) is 1. The Morgan fingerprint density at radius 3 is 2.53 bits per heavy atom. The van der Waals surface area contributed by atoms with E-state index in [1.165, 1.54) is 0 Å². The molecule has 110 valence electrons. The molecule has 1 saturated heterocycles. The Hall–Kier alpha value is -1.46. The third kappa shape index (κ3) is 5.36. The van der Waals surface area contributed by atoms with Gasteiger partial charge in [-0.15, -0.1) is 0 Å². The molecule has 0 aliphatic carbocycles. The van der Waals surface area contributed by atoms with E-state index in [2.05, 4.69) is 17.6 Å². The molecule has 1 amide bonds. The van der Waals surface area contributed by atoms with Gasteiger partial charge in [-0.2, -0.15) is 0 Å². The molecule has 0 radical (unpaired) electrons. The molecular weight excluding hydrogens is 244 g/mol. The van der Waals surface area contributed by atoms with E-state index in [1.807, 2.05) is 20.8 Å². The van der Waals surface area contributed by atoms with Crippen molar-refractivity contribution < 1.29 is 9.53 Å². The van der Waals surface area contributed by atoms with E-state index < -0.39 is 5.60 Å². The van der Waals surface area contributed by atoms with Crippen molar-refractivity contribution in [3.05, 3.63) is 0 Å². The van der Waals surface area contributed by atoms with Gasteiger partial charge in [0.25, 0.3) is 0 Å². The van der Waals surface area contributed by atoms with Crippen LogP contribution in [0.1, 0.15) is 34.1 Å². The van der Waals surface area contributed by atoms with Crippen LogP contribution in [0.5, 0.6) is 0 Å². The van der Waals surface area contributed by atoms with Crippen molar-refractivity contribution in [2.45, 2.75) is 45.8 Å². The number of carbonyl (C=O) groups excluding carboxylic acids is 1. The molecule has 6 nitrogen and oxygen atoms in total.